The van der Waals surface area contributed by atoms with Gasteiger partial charge in [0, 0.05) is 32.7 Å². The van der Waals surface area contributed by atoms with Crippen LogP contribution in [-0.4, -0.2) is 61.1 Å². The van der Waals surface area contributed by atoms with Gasteiger partial charge in [0.2, 0.25) is 5.91 Å². The van der Waals surface area contributed by atoms with Crippen molar-refractivity contribution in [3.8, 4) is 0 Å². The third-order valence-electron chi connectivity index (χ3n) is 4.50. The molecule has 6 nitrogen and oxygen atoms in total. The van der Waals surface area contributed by atoms with E-state index in [0.717, 1.165) is 18.7 Å². The van der Waals surface area contributed by atoms with Crippen molar-refractivity contribution in [2.45, 2.75) is 26.4 Å². The van der Waals surface area contributed by atoms with E-state index in [1.165, 1.54) is 7.11 Å². The molecule has 1 aliphatic heterocycles. The third kappa shape index (κ3) is 5.25. The van der Waals surface area contributed by atoms with Crippen LogP contribution in [0.2, 0.25) is 10.0 Å². The van der Waals surface area contributed by atoms with Crippen molar-refractivity contribution >= 4 is 35.2 Å². The Balaban J connectivity index is 1.93. The molecule has 2 rings (SSSR count). The molecule has 1 saturated heterocycles. The summed E-state index contributed by atoms with van der Waals surface area (Å²) in [6.07, 6.45) is -0.591. The lowest BCUT2D eigenvalue weighted by Crippen LogP contribution is -2.56. The summed E-state index contributed by atoms with van der Waals surface area (Å²) in [6, 6.07) is 5.02. The van der Waals surface area contributed by atoms with Crippen LogP contribution in [0.3, 0.4) is 0 Å². The van der Waals surface area contributed by atoms with Crippen molar-refractivity contribution in [2.75, 3.05) is 33.3 Å². The van der Waals surface area contributed by atoms with E-state index in [9.17, 15) is 9.59 Å². The number of methoxy groups -OCH3 is 1. The maximum absolute atomic E-state index is 12.8. The Morgan fingerprint density at radius 1 is 1.19 bits per heavy atom. The molecular formula is C18H25Cl2N3O3. The van der Waals surface area contributed by atoms with Crippen molar-refractivity contribution in [3.63, 3.8) is 0 Å². The Hall–Kier alpha value is -1.50. The molecule has 2 amide bonds. The maximum atomic E-state index is 12.8. The zero-order chi connectivity index (χ0) is 19.3. The number of nitrogens with one attached hydrogen (secondary N) is 1. The largest absolute Gasteiger partial charge is 0.453 e. The van der Waals surface area contributed by atoms with Crippen LogP contribution in [0.5, 0.6) is 0 Å². The highest BCUT2D eigenvalue weighted by atomic mass is 35.5. The van der Waals surface area contributed by atoms with E-state index in [4.69, 9.17) is 23.2 Å². The Labute approximate surface area is 164 Å². The van der Waals surface area contributed by atoms with E-state index in [0.29, 0.717) is 29.7 Å². The average molecular weight is 402 g/mol. The van der Waals surface area contributed by atoms with Crippen LogP contribution in [0.4, 0.5) is 4.79 Å². The van der Waals surface area contributed by atoms with Crippen LogP contribution in [0.15, 0.2) is 18.2 Å². The molecule has 8 heteroatoms. The number of benzene rings is 1. The number of hydrogen-bond acceptors (Lipinski definition) is 4. The summed E-state index contributed by atoms with van der Waals surface area (Å²) < 4.78 is 4.62. The van der Waals surface area contributed by atoms with Gasteiger partial charge < -0.3 is 15.0 Å². The van der Waals surface area contributed by atoms with Crippen molar-refractivity contribution in [1.29, 1.82) is 0 Å². The Morgan fingerprint density at radius 3 is 2.42 bits per heavy atom. The fourth-order valence-electron chi connectivity index (χ4n) is 2.93. The fourth-order valence-corrected chi connectivity index (χ4v) is 3.31. The molecule has 0 saturated carbocycles. The van der Waals surface area contributed by atoms with Crippen molar-refractivity contribution < 1.29 is 14.3 Å². The van der Waals surface area contributed by atoms with E-state index in [1.54, 1.807) is 11.0 Å². The summed E-state index contributed by atoms with van der Waals surface area (Å²) in [5.74, 6) is -0.101. The Bertz CT molecular complexity index is 647. The number of carbonyl (C=O) groups is 2. The van der Waals surface area contributed by atoms with E-state index >= 15 is 0 Å². The molecule has 0 spiro atoms. The number of hydrogen-bond donors (Lipinski definition) is 1. The average Bonchev–Trinajstić information content (AvgIpc) is 2.63. The second-order valence-electron chi connectivity index (χ2n) is 6.67. The van der Waals surface area contributed by atoms with Gasteiger partial charge in [0.1, 0.15) is 6.04 Å². The van der Waals surface area contributed by atoms with Gasteiger partial charge >= 0.3 is 6.09 Å². The Kier molecular flexibility index (Phi) is 7.55. The van der Waals surface area contributed by atoms with Gasteiger partial charge in [-0.05, 0) is 17.5 Å². The van der Waals surface area contributed by atoms with Gasteiger partial charge in [-0.3, -0.25) is 9.69 Å². The zero-order valence-electron chi connectivity index (χ0n) is 15.3. The molecule has 26 heavy (non-hydrogen) atoms. The van der Waals surface area contributed by atoms with Crippen LogP contribution >= 0.6 is 23.2 Å². The second-order valence-corrected chi connectivity index (χ2v) is 7.46. The maximum Gasteiger partial charge on any atom is 0.407 e. The first-order valence-electron chi connectivity index (χ1n) is 8.62. The number of ether oxygens (including phenoxy) is 1. The summed E-state index contributed by atoms with van der Waals surface area (Å²) in [7, 11) is 1.29. The molecule has 1 unspecified atom stereocenters. The number of amides is 2. The standard InChI is InChI=1S/C18H25Cl2N3O3/c1-12(2)16(21-18(25)26-3)17(24)23-9-7-22(8-10-23)11-13-5-4-6-14(19)15(13)20/h4-6,12,16H,7-11H2,1-3H3,(H,21,25). The van der Waals surface area contributed by atoms with Crippen LogP contribution in [-0.2, 0) is 16.1 Å². The van der Waals surface area contributed by atoms with Gasteiger partial charge in [-0.15, -0.1) is 0 Å². The predicted molar refractivity (Wildman–Crippen MR) is 102 cm³/mol. The summed E-state index contributed by atoms with van der Waals surface area (Å²) >= 11 is 12.3. The minimum atomic E-state index is -0.591. The van der Waals surface area contributed by atoms with Gasteiger partial charge in [0.15, 0.2) is 0 Å². The molecule has 1 fully saturated rings. The molecule has 0 radical (unpaired) electrons. The fraction of sp³-hybridized carbons (Fsp3) is 0.556. The van der Waals surface area contributed by atoms with Gasteiger partial charge in [-0.1, -0.05) is 49.2 Å². The number of carbonyl (C=O) groups excluding carboxylic acids is 2. The lowest BCUT2D eigenvalue weighted by atomic mass is 10.0. The number of rotatable bonds is 5. The number of piperazine rings is 1. The molecule has 1 aromatic carbocycles. The predicted octanol–water partition coefficient (Wildman–Crippen LogP) is 3.02. The molecule has 144 valence electrons. The lowest BCUT2D eigenvalue weighted by molar-refractivity contribution is -0.136. The molecule has 0 aliphatic carbocycles. The van der Waals surface area contributed by atoms with Crippen molar-refractivity contribution in [3.05, 3.63) is 33.8 Å². The molecule has 1 heterocycles. The van der Waals surface area contributed by atoms with Crippen LogP contribution in [0, 0.1) is 5.92 Å². The first-order chi connectivity index (χ1) is 12.3. The molecular weight excluding hydrogens is 377 g/mol. The molecule has 1 aliphatic rings. The highest BCUT2D eigenvalue weighted by Gasteiger charge is 2.31. The van der Waals surface area contributed by atoms with Crippen LogP contribution < -0.4 is 5.32 Å². The second kappa shape index (κ2) is 9.44. The summed E-state index contributed by atoms with van der Waals surface area (Å²) in [6.45, 7) is 7.16. The summed E-state index contributed by atoms with van der Waals surface area (Å²) in [5.41, 5.74) is 0.978. The van der Waals surface area contributed by atoms with E-state index in [-0.39, 0.29) is 11.8 Å². The molecule has 0 aromatic heterocycles. The van der Waals surface area contributed by atoms with Gasteiger partial charge in [-0.2, -0.15) is 0 Å². The first kappa shape index (κ1) is 20.8. The lowest BCUT2D eigenvalue weighted by Gasteiger charge is -2.37. The minimum Gasteiger partial charge on any atom is -0.453 e. The Morgan fingerprint density at radius 2 is 1.85 bits per heavy atom. The zero-order valence-corrected chi connectivity index (χ0v) is 16.8. The normalized spacial score (nSPS) is 16.5. The molecule has 1 N–H and O–H groups in total. The van der Waals surface area contributed by atoms with Crippen molar-refractivity contribution in [1.82, 2.24) is 15.1 Å². The SMILES string of the molecule is COC(=O)NC(C(=O)N1CCN(Cc2cccc(Cl)c2Cl)CC1)C(C)C. The number of alkyl carbamates (subject to hydrolysis) is 1. The monoisotopic (exact) mass is 401 g/mol. The quantitative estimate of drug-likeness (QED) is 0.823. The number of halogens is 2. The van der Waals surface area contributed by atoms with E-state index in [2.05, 4.69) is 15.0 Å². The molecule has 1 atom stereocenters. The minimum absolute atomic E-state index is 0.0232. The topological polar surface area (TPSA) is 61.9 Å². The summed E-state index contributed by atoms with van der Waals surface area (Å²) in [4.78, 5) is 28.3. The molecule has 0 bridgehead atoms. The summed E-state index contributed by atoms with van der Waals surface area (Å²) in [5, 5.41) is 3.76. The van der Waals surface area contributed by atoms with E-state index < -0.39 is 12.1 Å². The van der Waals surface area contributed by atoms with Crippen LogP contribution in [0.25, 0.3) is 0 Å². The first-order valence-corrected chi connectivity index (χ1v) is 9.37. The van der Waals surface area contributed by atoms with E-state index in [1.807, 2.05) is 26.0 Å². The van der Waals surface area contributed by atoms with Crippen LogP contribution in [0.1, 0.15) is 19.4 Å². The number of nitrogens with zero attached hydrogens (tertiary/aromatic N) is 2. The van der Waals surface area contributed by atoms with Gasteiger partial charge in [0.05, 0.1) is 17.2 Å². The highest BCUT2D eigenvalue weighted by Crippen LogP contribution is 2.26. The van der Waals surface area contributed by atoms with Crippen molar-refractivity contribution in [2.24, 2.45) is 5.92 Å². The molecule has 1 aromatic rings. The third-order valence-corrected chi connectivity index (χ3v) is 5.36. The van der Waals surface area contributed by atoms with Gasteiger partial charge in [0.25, 0.3) is 0 Å². The van der Waals surface area contributed by atoms with Gasteiger partial charge in [-0.25, -0.2) is 4.79 Å². The smallest absolute Gasteiger partial charge is 0.407 e. The highest BCUT2D eigenvalue weighted by molar-refractivity contribution is 6.42.